The minimum absolute atomic E-state index is 0.0188. The Labute approximate surface area is 169 Å². The van der Waals surface area contributed by atoms with Gasteiger partial charge in [0, 0.05) is 53.5 Å². The molecule has 1 heterocycles. The zero-order valence-electron chi connectivity index (χ0n) is 17.7. The van der Waals surface area contributed by atoms with Gasteiger partial charge < -0.3 is 25.2 Å². The second kappa shape index (κ2) is 11.7. The van der Waals surface area contributed by atoms with Gasteiger partial charge in [0.05, 0.1) is 6.61 Å². The van der Waals surface area contributed by atoms with Crippen LogP contribution in [0.5, 0.6) is 0 Å². The lowest BCUT2D eigenvalue weighted by molar-refractivity contribution is 0.0827. The fourth-order valence-electron chi connectivity index (χ4n) is 3.31. The third-order valence-electron chi connectivity index (χ3n) is 5.17. The maximum atomic E-state index is 11.9. The Morgan fingerprint density at radius 3 is 2.46 bits per heavy atom. The maximum absolute atomic E-state index is 11.9. The summed E-state index contributed by atoms with van der Waals surface area (Å²) < 4.78 is 5.16. The molecule has 0 radical (unpaired) electrons. The Hall–Kier alpha value is -2.12. The molecule has 7 heteroatoms. The van der Waals surface area contributed by atoms with Gasteiger partial charge in [-0.15, -0.1) is 0 Å². The van der Waals surface area contributed by atoms with E-state index < -0.39 is 0 Å². The quantitative estimate of drug-likeness (QED) is 0.520. The van der Waals surface area contributed by atoms with Crippen molar-refractivity contribution in [3.8, 4) is 0 Å². The number of rotatable bonds is 8. The highest BCUT2D eigenvalue weighted by Gasteiger charge is 2.19. The Morgan fingerprint density at radius 1 is 1.21 bits per heavy atom. The van der Waals surface area contributed by atoms with E-state index in [-0.39, 0.29) is 5.91 Å². The fourth-order valence-corrected chi connectivity index (χ4v) is 3.31. The van der Waals surface area contributed by atoms with Gasteiger partial charge in [0.25, 0.3) is 5.91 Å². The number of nitrogens with one attached hydrogen (secondary N) is 2. The van der Waals surface area contributed by atoms with Crippen molar-refractivity contribution in [2.75, 3.05) is 61.0 Å². The van der Waals surface area contributed by atoms with Crippen LogP contribution in [0.2, 0.25) is 0 Å². The number of amides is 1. The average molecular weight is 390 g/mol. The van der Waals surface area contributed by atoms with Crippen molar-refractivity contribution >= 4 is 11.9 Å². The number of methoxy groups -OCH3 is 1. The third kappa shape index (κ3) is 7.13. The number of likely N-dealkylation sites (tertiary alicyclic amines) is 1. The van der Waals surface area contributed by atoms with Crippen LogP contribution < -0.4 is 10.6 Å². The van der Waals surface area contributed by atoms with Gasteiger partial charge in [-0.05, 0) is 49.5 Å². The Bertz CT molecular complexity index is 622. The lowest BCUT2D eigenvalue weighted by atomic mass is 9.97. The van der Waals surface area contributed by atoms with E-state index in [4.69, 9.17) is 4.74 Å². The molecule has 2 rings (SSSR count). The van der Waals surface area contributed by atoms with Gasteiger partial charge in [-0.25, -0.2) is 0 Å². The van der Waals surface area contributed by atoms with Crippen molar-refractivity contribution in [2.24, 2.45) is 10.9 Å². The number of carbonyl (C=O) groups excluding carboxylic acids is 1. The Morgan fingerprint density at radius 2 is 1.89 bits per heavy atom. The second-order valence-corrected chi connectivity index (χ2v) is 7.48. The number of hydrogen-bond donors (Lipinski definition) is 2. The van der Waals surface area contributed by atoms with Crippen LogP contribution in [-0.4, -0.2) is 82.7 Å². The molecule has 0 aromatic heterocycles. The Kier molecular flexibility index (Phi) is 9.23. The zero-order valence-corrected chi connectivity index (χ0v) is 17.7. The summed E-state index contributed by atoms with van der Waals surface area (Å²) in [6, 6.07) is 7.69. The zero-order chi connectivity index (χ0) is 20.4. The molecule has 1 saturated heterocycles. The molecule has 1 aliphatic rings. The molecule has 0 saturated carbocycles. The number of benzene rings is 1. The van der Waals surface area contributed by atoms with Crippen molar-refractivity contribution in [3.63, 3.8) is 0 Å². The van der Waals surface area contributed by atoms with E-state index in [0.29, 0.717) is 18.0 Å². The van der Waals surface area contributed by atoms with Crippen LogP contribution >= 0.6 is 0 Å². The van der Waals surface area contributed by atoms with Crippen molar-refractivity contribution in [1.29, 1.82) is 0 Å². The summed E-state index contributed by atoms with van der Waals surface area (Å²) in [6.07, 6.45) is 2.41. The van der Waals surface area contributed by atoms with Crippen LogP contribution in [0.4, 0.5) is 0 Å². The van der Waals surface area contributed by atoms with Crippen LogP contribution in [0, 0.1) is 5.92 Å². The number of aliphatic imine (C=N–C) groups is 1. The SMILES string of the molecule is CN=C(NCc1ccc(C(=O)N(C)C)cc1)NCC1CCN(CCOC)CC1. The first-order chi connectivity index (χ1) is 13.5. The van der Waals surface area contributed by atoms with Crippen LogP contribution in [0.25, 0.3) is 0 Å². The number of nitrogens with zero attached hydrogens (tertiary/aromatic N) is 3. The number of carbonyl (C=O) groups is 1. The van der Waals surface area contributed by atoms with E-state index >= 15 is 0 Å². The van der Waals surface area contributed by atoms with E-state index in [9.17, 15) is 4.79 Å². The molecule has 1 fully saturated rings. The summed E-state index contributed by atoms with van der Waals surface area (Å²) in [7, 11) is 7.07. The monoisotopic (exact) mass is 389 g/mol. The number of ether oxygens (including phenoxy) is 1. The Balaban J connectivity index is 1.71. The van der Waals surface area contributed by atoms with Gasteiger partial charge in [0.2, 0.25) is 0 Å². The predicted octanol–water partition coefficient (Wildman–Crippen LogP) is 1.41. The highest BCUT2D eigenvalue weighted by atomic mass is 16.5. The molecule has 1 aliphatic heterocycles. The first kappa shape index (κ1) is 22.2. The van der Waals surface area contributed by atoms with Gasteiger partial charge in [-0.3, -0.25) is 9.79 Å². The van der Waals surface area contributed by atoms with Gasteiger partial charge in [0.1, 0.15) is 0 Å². The van der Waals surface area contributed by atoms with Gasteiger partial charge in [-0.2, -0.15) is 0 Å². The lowest BCUT2D eigenvalue weighted by Crippen LogP contribution is -2.43. The molecule has 1 amide bonds. The molecule has 156 valence electrons. The van der Waals surface area contributed by atoms with Crippen molar-refractivity contribution in [1.82, 2.24) is 20.4 Å². The molecule has 0 aliphatic carbocycles. The predicted molar refractivity (Wildman–Crippen MR) is 114 cm³/mol. The standard InChI is InChI=1S/C21H35N5O2/c1-22-21(24-16-18-9-11-26(12-10-18)13-14-28-4)23-15-17-5-7-19(8-6-17)20(27)25(2)3/h5-8,18H,9-16H2,1-4H3,(H2,22,23,24). The van der Waals surface area contributed by atoms with Crippen LogP contribution in [-0.2, 0) is 11.3 Å². The molecule has 0 spiro atoms. The van der Waals surface area contributed by atoms with E-state index in [1.807, 2.05) is 24.3 Å². The molecule has 2 N–H and O–H groups in total. The minimum Gasteiger partial charge on any atom is -0.383 e. The van der Waals surface area contributed by atoms with Gasteiger partial charge >= 0.3 is 0 Å². The maximum Gasteiger partial charge on any atom is 0.253 e. The summed E-state index contributed by atoms with van der Waals surface area (Å²) in [5.74, 6) is 1.51. The summed E-state index contributed by atoms with van der Waals surface area (Å²) in [4.78, 5) is 20.3. The first-order valence-electron chi connectivity index (χ1n) is 10.00. The topological polar surface area (TPSA) is 69.2 Å². The van der Waals surface area contributed by atoms with Crippen molar-refractivity contribution in [3.05, 3.63) is 35.4 Å². The highest BCUT2D eigenvalue weighted by Crippen LogP contribution is 2.16. The molecule has 1 aromatic rings. The van der Waals surface area contributed by atoms with E-state index in [0.717, 1.165) is 44.3 Å². The molecular formula is C21H35N5O2. The molecule has 0 bridgehead atoms. The number of guanidine groups is 1. The summed E-state index contributed by atoms with van der Waals surface area (Å²) >= 11 is 0. The summed E-state index contributed by atoms with van der Waals surface area (Å²) in [5.41, 5.74) is 1.82. The van der Waals surface area contributed by atoms with E-state index in [1.54, 1.807) is 33.2 Å². The molecule has 1 aromatic carbocycles. The normalized spacial score (nSPS) is 16.1. The lowest BCUT2D eigenvalue weighted by Gasteiger charge is -2.32. The van der Waals surface area contributed by atoms with Crippen molar-refractivity contribution in [2.45, 2.75) is 19.4 Å². The molecule has 0 unspecified atom stereocenters. The average Bonchev–Trinajstić information content (AvgIpc) is 2.73. The molecule has 7 nitrogen and oxygen atoms in total. The largest absolute Gasteiger partial charge is 0.383 e. The second-order valence-electron chi connectivity index (χ2n) is 7.48. The molecule has 0 atom stereocenters. The van der Waals surface area contributed by atoms with Crippen molar-refractivity contribution < 1.29 is 9.53 Å². The summed E-state index contributed by atoms with van der Waals surface area (Å²) in [6.45, 7) is 5.72. The third-order valence-corrected chi connectivity index (χ3v) is 5.17. The summed E-state index contributed by atoms with van der Waals surface area (Å²) in [5, 5.41) is 6.80. The van der Waals surface area contributed by atoms with Crippen LogP contribution in [0.1, 0.15) is 28.8 Å². The van der Waals surface area contributed by atoms with E-state index in [2.05, 4.69) is 20.5 Å². The van der Waals surface area contributed by atoms with Crippen LogP contribution in [0.3, 0.4) is 0 Å². The smallest absolute Gasteiger partial charge is 0.253 e. The van der Waals surface area contributed by atoms with E-state index in [1.165, 1.54) is 12.8 Å². The van der Waals surface area contributed by atoms with Crippen LogP contribution in [0.15, 0.2) is 29.3 Å². The highest BCUT2D eigenvalue weighted by molar-refractivity contribution is 5.93. The van der Waals surface area contributed by atoms with Gasteiger partial charge in [-0.1, -0.05) is 12.1 Å². The fraction of sp³-hybridized carbons (Fsp3) is 0.619. The minimum atomic E-state index is 0.0188. The first-order valence-corrected chi connectivity index (χ1v) is 10.00. The number of hydrogen-bond acceptors (Lipinski definition) is 4. The number of piperidine rings is 1. The molecular weight excluding hydrogens is 354 g/mol. The molecule has 28 heavy (non-hydrogen) atoms. The van der Waals surface area contributed by atoms with Gasteiger partial charge in [0.15, 0.2) is 5.96 Å².